The van der Waals surface area contributed by atoms with Crippen molar-refractivity contribution in [1.82, 2.24) is 5.32 Å². The van der Waals surface area contributed by atoms with Crippen molar-refractivity contribution in [2.24, 2.45) is 0 Å². The Morgan fingerprint density at radius 3 is 2.17 bits per heavy atom. The van der Waals surface area contributed by atoms with E-state index >= 15 is 0 Å². The second-order valence-electron chi connectivity index (χ2n) is 0.787. The number of halogens is 1. The summed E-state index contributed by atoms with van der Waals surface area (Å²) in [7, 11) is 1.94. The van der Waals surface area contributed by atoms with Crippen LogP contribution in [0.5, 0.6) is 0 Å². The van der Waals surface area contributed by atoms with E-state index < -0.39 is 0 Å². The summed E-state index contributed by atoms with van der Waals surface area (Å²) in [6.07, 6.45) is 2.07. The maximum Gasteiger partial charge on any atom is 0.0412 e. The minimum Gasteiger partial charge on any atom is -0.311 e. The second kappa shape index (κ2) is 9.14. The minimum absolute atomic E-state index is 0. The summed E-state index contributed by atoms with van der Waals surface area (Å²) in [6.45, 7) is 0. The molecule has 0 bridgehead atoms. The SMILES string of the molecule is CNCSC.Cl. The Labute approximate surface area is 49.3 Å². The molecule has 0 aliphatic carbocycles. The second-order valence-corrected chi connectivity index (χ2v) is 1.65. The van der Waals surface area contributed by atoms with Gasteiger partial charge in [-0.05, 0) is 13.3 Å². The lowest BCUT2D eigenvalue weighted by Crippen LogP contribution is -2.01. The fraction of sp³-hybridized carbons (Fsp3) is 1.00. The van der Waals surface area contributed by atoms with Gasteiger partial charge in [-0.25, -0.2) is 0 Å². The molecular weight excluding hydrogens is 118 g/mol. The zero-order chi connectivity index (χ0) is 4.12. The van der Waals surface area contributed by atoms with E-state index in [1.165, 1.54) is 0 Å². The van der Waals surface area contributed by atoms with Crippen LogP contribution >= 0.6 is 24.2 Å². The van der Waals surface area contributed by atoms with Crippen LogP contribution in [0.3, 0.4) is 0 Å². The summed E-state index contributed by atoms with van der Waals surface area (Å²) >= 11 is 1.79. The molecule has 0 aromatic rings. The van der Waals surface area contributed by atoms with Gasteiger partial charge in [-0.1, -0.05) is 0 Å². The molecule has 0 radical (unpaired) electrons. The number of rotatable bonds is 2. The smallest absolute Gasteiger partial charge is 0.0412 e. The summed E-state index contributed by atoms with van der Waals surface area (Å²) in [5.41, 5.74) is 0. The molecule has 40 valence electrons. The summed E-state index contributed by atoms with van der Waals surface area (Å²) in [4.78, 5) is 0. The molecular formula is C3H10ClNS. The zero-order valence-electron chi connectivity index (χ0n) is 4.02. The van der Waals surface area contributed by atoms with E-state index in [-0.39, 0.29) is 12.4 Å². The van der Waals surface area contributed by atoms with Crippen LogP contribution in [-0.2, 0) is 0 Å². The fourth-order valence-corrected chi connectivity index (χ4v) is 0.433. The molecule has 3 heteroatoms. The normalized spacial score (nSPS) is 7.00. The Balaban J connectivity index is 0. The van der Waals surface area contributed by atoms with Gasteiger partial charge < -0.3 is 5.32 Å². The van der Waals surface area contributed by atoms with Crippen molar-refractivity contribution in [3.63, 3.8) is 0 Å². The molecule has 0 aliphatic heterocycles. The molecule has 0 rings (SSSR count). The van der Waals surface area contributed by atoms with Gasteiger partial charge >= 0.3 is 0 Å². The number of hydrogen-bond donors (Lipinski definition) is 1. The Kier molecular flexibility index (Phi) is 14.9. The molecule has 0 heterocycles. The lowest BCUT2D eigenvalue weighted by atomic mass is 11.3. The van der Waals surface area contributed by atoms with Crippen LogP contribution < -0.4 is 5.32 Å². The molecule has 0 amide bonds. The fourth-order valence-electron chi connectivity index (χ4n) is 0.144. The van der Waals surface area contributed by atoms with Gasteiger partial charge in [0.15, 0.2) is 0 Å². The molecule has 0 saturated carbocycles. The lowest BCUT2D eigenvalue weighted by molar-refractivity contribution is 0.985. The van der Waals surface area contributed by atoms with Gasteiger partial charge in [-0.15, -0.1) is 24.2 Å². The lowest BCUT2D eigenvalue weighted by Gasteiger charge is -1.84. The molecule has 1 nitrogen and oxygen atoms in total. The highest BCUT2D eigenvalue weighted by Gasteiger charge is 1.64. The standard InChI is InChI=1S/C3H9NS.ClH/c1-4-3-5-2;/h4H,3H2,1-2H3;1H. The molecule has 0 unspecified atom stereocenters. The topological polar surface area (TPSA) is 12.0 Å². The average molecular weight is 128 g/mol. The molecule has 0 aliphatic rings. The van der Waals surface area contributed by atoms with Crippen molar-refractivity contribution in [2.45, 2.75) is 0 Å². The van der Waals surface area contributed by atoms with Crippen molar-refractivity contribution < 1.29 is 0 Å². The van der Waals surface area contributed by atoms with E-state index in [9.17, 15) is 0 Å². The van der Waals surface area contributed by atoms with Crippen molar-refractivity contribution in [2.75, 3.05) is 19.2 Å². The van der Waals surface area contributed by atoms with Crippen LogP contribution in [0, 0.1) is 0 Å². The molecule has 0 atom stereocenters. The summed E-state index contributed by atoms with van der Waals surface area (Å²) in [5.74, 6) is 1.06. The third-order valence-corrected chi connectivity index (χ3v) is 0.866. The van der Waals surface area contributed by atoms with Crippen molar-refractivity contribution in [1.29, 1.82) is 0 Å². The molecule has 0 aromatic heterocycles. The zero-order valence-corrected chi connectivity index (χ0v) is 5.66. The van der Waals surface area contributed by atoms with Crippen LogP contribution in [0.15, 0.2) is 0 Å². The van der Waals surface area contributed by atoms with Gasteiger partial charge in [0.25, 0.3) is 0 Å². The first kappa shape index (κ1) is 9.78. The van der Waals surface area contributed by atoms with Crippen molar-refractivity contribution in [3.8, 4) is 0 Å². The molecule has 1 N–H and O–H groups in total. The Hall–Kier alpha value is 0.600. The van der Waals surface area contributed by atoms with Gasteiger partial charge in [0.2, 0.25) is 0 Å². The van der Waals surface area contributed by atoms with Crippen LogP contribution in [0.1, 0.15) is 0 Å². The third kappa shape index (κ3) is 8.82. The summed E-state index contributed by atoms with van der Waals surface area (Å²) in [6, 6.07) is 0. The Morgan fingerprint density at radius 1 is 1.67 bits per heavy atom. The maximum absolute atomic E-state index is 2.98. The van der Waals surface area contributed by atoms with Crippen LogP contribution in [-0.4, -0.2) is 19.2 Å². The largest absolute Gasteiger partial charge is 0.311 e. The summed E-state index contributed by atoms with van der Waals surface area (Å²) < 4.78 is 0. The first-order chi connectivity index (χ1) is 2.41. The van der Waals surface area contributed by atoms with E-state index in [0.717, 1.165) is 5.88 Å². The highest BCUT2D eigenvalue weighted by atomic mass is 35.5. The van der Waals surface area contributed by atoms with E-state index in [4.69, 9.17) is 0 Å². The first-order valence-electron chi connectivity index (χ1n) is 1.55. The van der Waals surface area contributed by atoms with E-state index in [0.29, 0.717) is 0 Å². The molecule has 0 saturated heterocycles. The number of nitrogens with one attached hydrogen (secondary N) is 1. The Bertz CT molecular complexity index is 18.3. The van der Waals surface area contributed by atoms with Crippen LogP contribution in [0.2, 0.25) is 0 Å². The maximum atomic E-state index is 2.98. The minimum atomic E-state index is 0. The van der Waals surface area contributed by atoms with E-state index in [1.54, 1.807) is 11.8 Å². The quantitative estimate of drug-likeness (QED) is 0.555. The highest BCUT2D eigenvalue weighted by molar-refractivity contribution is 7.98. The van der Waals surface area contributed by atoms with Gasteiger partial charge in [0, 0.05) is 5.88 Å². The highest BCUT2D eigenvalue weighted by Crippen LogP contribution is 1.81. The van der Waals surface area contributed by atoms with Gasteiger partial charge in [0.1, 0.15) is 0 Å². The summed E-state index contributed by atoms with van der Waals surface area (Å²) in [5, 5.41) is 2.98. The molecule has 0 aromatic carbocycles. The molecule has 0 fully saturated rings. The van der Waals surface area contributed by atoms with Crippen molar-refractivity contribution >= 4 is 24.2 Å². The van der Waals surface area contributed by atoms with Gasteiger partial charge in [-0.3, -0.25) is 0 Å². The van der Waals surface area contributed by atoms with Crippen LogP contribution in [0.4, 0.5) is 0 Å². The average Bonchev–Trinajstić information content (AvgIpc) is 1.41. The number of hydrogen-bond acceptors (Lipinski definition) is 2. The van der Waals surface area contributed by atoms with Crippen LogP contribution in [0.25, 0.3) is 0 Å². The third-order valence-electron chi connectivity index (χ3n) is 0.289. The molecule has 6 heavy (non-hydrogen) atoms. The monoisotopic (exact) mass is 127 g/mol. The predicted molar refractivity (Wildman–Crippen MR) is 34.7 cm³/mol. The van der Waals surface area contributed by atoms with E-state index in [2.05, 4.69) is 11.6 Å². The van der Waals surface area contributed by atoms with E-state index in [1.807, 2.05) is 7.05 Å². The Morgan fingerprint density at radius 2 is 2.17 bits per heavy atom. The van der Waals surface area contributed by atoms with Crippen molar-refractivity contribution in [3.05, 3.63) is 0 Å². The van der Waals surface area contributed by atoms with Gasteiger partial charge in [0.05, 0.1) is 0 Å². The van der Waals surface area contributed by atoms with Gasteiger partial charge in [-0.2, -0.15) is 0 Å². The molecule has 0 spiro atoms. The predicted octanol–water partition coefficient (Wildman–Crippen LogP) is 0.948. The first-order valence-corrected chi connectivity index (χ1v) is 2.94. The number of thioether (sulfide) groups is 1.